The fourth-order valence-corrected chi connectivity index (χ4v) is 3.39. The Labute approximate surface area is 171 Å². The van der Waals surface area contributed by atoms with Gasteiger partial charge in [-0.25, -0.2) is 9.59 Å². The average Bonchev–Trinajstić information content (AvgIpc) is 2.75. The highest BCUT2D eigenvalue weighted by Crippen LogP contribution is 2.40. The van der Waals surface area contributed by atoms with Gasteiger partial charge in [-0.1, -0.05) is 38.1 Å². The van der Waals surface area contributed by atoms with E-state index in [0.29, 0.717) is 29.8 Å². The number of allylic oxidation sites excluding steroid dienone is 2. The van der Waals surface area contributed by atoms with Crippen LogP contribution in [0.4, 0.5) is 13.2 Å². The number of esters is 2. The molecule has 0 radical (unpaired) electrons. The molecule has 0 bridgehead atoms. The molecule has 0 atom stereocenters. The van der Waals surface area contributed by atoms with Gasteiger partial charge < -0.3 is 14.8 Å². The van der Waals surface area contributed by atoms with Gasteiger partial charge in [-0.05, 0) is 18.4 Å². The van der Waals surface area contributed by atoms with Crippen molar-refractivity contribution in [2.24, 2.45) is 0 Å². The smallest absolute Gasteiger partial charge is 0.454 e. The Morgan fingerprint density at radius 3 is 1.67 bits per heavy atom. The molecule has 0 amide bonds. The first-order valence-corrected chi connectivity index (χ1v) is 9.21. The molecular weight excluding hydrogens is 403 g/mol. The Morgan fingerprint density at radius 1 is 0.900 bits per heavy atom. The number of carbonyl (C=O) groups is 3. The number of nitrogens with one attached hydrogen (secondary N) is 1. The number of alkyl halides is 3. The second-order valence-electron chi connectivity index (χ2n) is 6.48. The summed E-state index contributed by atoms with van der Waals surface area (Å²) >= 11 is 0. The SMILES string of the molecule is CCC1=C(C(=O)OC)C(c2ccc(C(=O)C(F)(F)F)cc2)C(C(=O)OC)=C(CC)N1. The monoisotopic (exact) mass is 425 g/mol. The zero-order valence-electron chi connectivity index (χ0n) is 17.0. The Balaban J connectivity index is 2.69. The lowest BCUT2D eigenvalue weighted by Crippen LogP contribution is -2.33. The zero-order valence-corrected chi connectivity index (χ0v) is 17.0. The molecule has 0 aromatic heterocycles. The summed E-state index contributed by atoms with van der Waals surface area (Å²) in [6.45, 7) is 3.62. The summed E-state index contributed by atoms with van der Waals surface area (Å²) in [5.74, 6) is -4.27. The number of Topliss-reactive ketones (excluding diaryl/α,β-unsaturated/α-hetero) is 1. The molecule has 1 heterocycles. The maximum atomic E-state index is 12.7. The maximum Gasteiger partial charge on any atom is 0.454 e. The summed E-state index contributed by atoms with van der Waals surface area (Å²) < 4.78 is 47.9. The number of carbonyl (C=O) groups excluding carboxylic acids is 3. The summed E-state index contributed by atoms with van der Waals surface area (Å²) in [4.78, 5) is 36.6. The van der Waals surface area contributed by atoms with E-state index in [1.54, 1.807) is 0 Å². The second kappa shape index (κ2) is 9.15. The molecule has 0 aliphatic carbocycles. The highest BCUT2D eigenvalue weighted by molar-refractivity contribution is 6.01. The minimum Gasteiger partial charge on any atom is -0.466 e. The lowest BCUT2D eigenvalue weighted by atomic mass is 9.79. The van der Waals surface area contributed by atoms with Crippen molar-refractivity contribution < 1.29 is 37.0 Å². The van der Waals surface area contributed by atoms with Gasteiger partial charge in [-0.2, -0.15) is 13.2 Å². The van der Waals surface area contributed by atoms with Crippen LogP contribution in [0.5, 0.6) is 0 Å². The number of rotatable bonds is 6. The topological polar surface area (TPSA) is 81.7 Å². The van der Waals surface area contributed by atoms with Crippen molar-refractivity contribution in [3.63, 3.8) is 0 Å². The first-order valence-electron chi connectivity index (χ1n) is 9.21. The van der Waals surface area contributed by atoms with Gasteiger partial charge in [0, 0.05) is 17.0 Å². The molecule has 6 nitrogen and oxygen atoms in total. The fourth-order valence-electron chi connectivity index (χ4n) is 3.39. The van der Waals surface area contributed by atoms with Gasteiger partial charge in [0.05, 0.1) is 31.3 Å². The minimum atomic E-state index is -5.00. The third kappa shape index (κ3) is 4.39. The van der Waals surface area contributed by atoms with Crippen LogP contribution in [0.3, 0.4) is 0 Å². The van der Waals surface area contributed by atoms with Crippen molar-refractivity contribution in [1.82, 2.24) is 5.32 Å². The molecule has 1 aliphatic heterocycles. The molecular formula is C21H22F3NO5. The van der Waals surface area contributed by atoms with E-state index in [1.807, 2.05) is 13.8 Å². The van der Waals surface area contributed by atoms with E-state index >= 15 is 0 Å². The molecule has 0 saturated heterocycles. The van der Waals surface area contributed by atoms with E-state index in [-0.39, 0.29) is 11.1 Å². The lowest BCUT2D eigenvalue weighted by Gasteiger charge is -2.32. The molecule has 2 rings (SSSR count). The number of halogens is 3. The van der Waals surface area contributed by atoms with Crippen LogP contribution in [-0.4, -0.2) is 38.1 Å². The van der Waals surface area contributed by atoms with E-state index in [0.717, 1.165) is 12.1 Å². The molecule has 1 aromatic carbocycles. The van der Waals surface area contributed by atoms with Crippen molar-refractivity contribution in [3.8, 4) is 0 Å². The quantitative estimate of drug-likeness (QED) is 0.552. The van der Waals surface area contributed by atoms with Crippen molar-refractivity contribution in [1.29, 1.82) is 0 Å². The summed E-state index contributed by atoms with van der Waals surface area (Å²) in [6, 6.07) is 4.63. The van der Waals surface area contributed by atoms with Gasteiger partial charge in [0.15, 0.2) is 0 Å². The number of methoxy groups -OCH3 is 2. The van der Waals surface area contributed by atoms with Gasteiger partial charge in [-0.15, -0.1) is 0 Å². The zero-order chi connectivity index (χ0) is 22.6. The molecule has 1 aliphatic rings. The first kappa shape index (κ1) is 23.2. The number of hydrogen-bond donors (Lipinski definition) is 1. The number of ether oxygens (including phenoxy) is 2. The van der Waals surface area contributed by atoms with E-state index in [9.17, 15) is 27.6 Å². The van der Waals surface area contributed by atoms with E-state index in [2.05, 4.69) is 5.32 Å². The second-order valence-corrected chi connectivity index (χ2v) is 6.48. The Morgan fingerprint density at radius 2 is 1.33 bits per heavy atom. The molecule has 0 fully saturated rings. The molecule has 0 unspecified atom stereocenters. The predicted molar refractivity (Wildman–Crippen MR) is 101 cm³/mol. The third-order valence-electron chi connectivity index (χ3n) is 4.81. The van der Waals surface area contributed by atoms with Gasteiger partial charge in [-0.3, -0.25) is 4.79 Å². The normalized spacial score (nSPS) is 15.0. The van der Waals surface area contributed by atoms with E-state index in [4.69, 9.17) is 9.47 Å². The maximum absolute atomic E-state index is 12.7. The Hall–Kier alpha value is -3.10. The van der Waals surface area contributed by atoms with Gasteiger partial charge in [0.2, 0.25) is 0 Å². The van der Waals surface area contributed by atoms with Crippen LogP contribution in [-0.2, 0) is 19.1 Å². The van der Waals surface area contributed by atoms with Crippen LogP contribution in [0, 0.1) is 0 Å². The van der Waals surface area contributed by atoms with Crippen molar-refractivity contribution in [3.05, 3.63) is 57.9 Å². The number of dihydropyridines is 1. The molecule has 1 N–H and O–H groups in total. The van der Waals surface area contributed by atoms with Gasteiger partial charge >= 0.3 is 18.1 Å². The van der Waals surface area contributed by atoms with Gasteiger partial charge in [0.1, 0.15) is 0 Å². The summed E-state index contributed by atoms with van der Waals surface area (Å²) in [7, 11) is 2.39. The third-order valence-corrected chi connectivity index (χ3v) is 4.81. The summed E-state index contributed by atoms with van der Waals surface area (Å²) in [5, 5.41) is 3.09. The molecule has 0 saturated carbocycles. The summed E-state index contributed by atoms with van der Waals surface area (Å²) in [5.41, 5.74) is 1.20. The van der Waals surface area contributed by atoms with Crippen molar-refractivity contribution in [2.75, 3.05) is 14.2 Å². The van der Waals surface area contributed by atoms with Crippen LogP contribution < -0.4 is 5.32 Å². The minimum absolute atomic E-state index is 0.160. The first-order chi connectivity index (χ1) is 14.1. The lowest BCUT2D eigenvalue weighted by molar-refractivity contribution is -0.137. The van der Waals surface area contributed by atoms with Crippen molar-refractivity contribution >= 4 is 17.7 Å². The van der Waals surface area contributed by atoms with Crippen LogP contribution in [0.2, 0.25) is 0 Å². The molecule has 9 heteroatoms. The van der Waals surface area contributed by atoms with Crippen molar-refractivity contribution in [2.45, 2.75) is 38.8 Å². The Bertz CT molecular complexity index is 874. The largest absolute Gasteiger partial charge is 0.466 e. The molecule has 162 valence electrons. The van der Waals surface area contributed by atoms with Gasteiger partial charge in [0.25, 0.3) is 5.78 Å². The number of benzene rings is 1. The summed E-state index contributed by atoms with van der Waals surface area (Å²) in [6.07, 6.45) is -4.16. The fraction of sp³-hybridized carbons (Fsp3) is 0.381. The molecule has 1 aromatic rings. The average molecular weight is 425 g/mol. The van der Waals surface area contributed by atoms with Crippen LogP contribution in [0.25, 0.3) is 0 Å². The predicted octanol–water partition coefficient (Wildman–Crippen LogP) is 3.79. The standard InChI is InChI=1S/C21H22F3NO5/c1-5-13-16(19(27)29-3)15(17(20(28)30-4)14(6-2)25-13)11-7-9-12(10-8-11)18(26)21(22,23)24/h7-10,15,25H,5-6H2,1-4H3. The molecule has 0 spiro atoms. The Kier molecular flexibility index (Phi) is 7.07. The van der Waals surface area contributed by atoms with Crippen LogP contribution >= 0.6 is 0 Å². The highest BCUT2D eigenvalue weighted by Gasteiger charge is 2.41. The van der Waals surface area contributed by atoms with Crippen LogP contribution in [0.1, 0.15) is 48.5 Å². The number of ketones is 1. The number of hydrogen-bond acceptors (Lipinski definition) is 6. The highest BCUT2D eigenvalue weighted by atomic mass is 19.4. The molecule has 30 heavy (non-hydrogen) atoms. The van der Waals surface area contributed by atoms with E-state index < -0.39 is 35.4 Å². The van der Waals surface area contributed by atoms with Crippen LogP contribution in [0.15, 0.2) is 46.8 Å². The van der Waals surface area contributed by atoms with E-state index in [1.165, 1.54) is 26.4 Å².